The average molecular weight is 243 g/mol. The molecule has 0 saturated heterocycles. The fourth-order valence-electron chi connectivity index (χ4n) is 2.21. The highest BCUT2D eigenvalue weighted by atomic mass is 16.5. The first-order chi connectivity index (χ1) is 8.79. The second-order valence-corrected chi connectivity index (χ2v) is 5.02. The van der Waals surface area contributed by atoms with Crippen LogP contribution in [0.5, 0.6) is 0 Å². The van der Waals surface area contributed by atoms with Crippen molar-refractivity contribution in [3.63, 3.8) is 0 Å². The molecular formula is C14H17N3O. The fraction of sp³-hybridized carbons (Fsp3) is 0.429. The Hall–Kier alpha value is -1.84. The first-order valence-electron chi connectivity index (χ1n) is 6.45. The van der Waals surface area contributed by atoms with E-state index < -0.39 is 0 Å². The quantitative estimate of drug-likeness (QED) is 0.838. The molecule has 0 spiro atoms. The van der Waals surface area contributed by atoms with Gasteiger partial charge < -0.3 is 10.3 Å². The highest BCUT2D eigenvalue weighted by Crippen LogP contribution is 2.28. The highest BCUT2D eigenvalue weighted by Gasteiger charge is 2.20. The van der Waals surface area contributed by atoms with Gasteiger partial charge in [-0.2, -0.15) is 4.98 Å². The molecule has 1 aliphatic rings. The zero-order valence-corrected chi connectivity index (χ0v) is 10.3. The smallest absolute Gasteiger partial charge is 0.231 e. The van der Waals surface area contributed by atoms with E-state index in [2.05, 4.69) is 10.1 Å². The van der Waals surface area contributed by atoms with Gasteiger partial charge in [0.2, 0.25) is 5.89 Å². The normalized spacial score (nSPS) is 15.6. The molecule has 1 heterocycles. The van der Waals surface area contributed by atoms with Crippen molar-refractivity contribution in [3.05, 3.63) is 41.5 Å². The van der Waals surface area contributed by atoms with Crippen LogP contribution in [0.15, 0.2) is 28.8 Å². The lowest BCUT2D eigenvalue weighted by Crippen LogP contribution is -2.14. The van der Waals surface area contributed by atoms with E-state index in [0.717, 1.165) is 29.4 Å². The topological polar surface area (TPSA) is 64.9 Å². The Labute approximate surface area is 106 Å². The molecule has 1 fully saturated rings. The van der Waals surface area contributed by atoms with E-state index in [1.807, 2.05) is 24.3 Å². The molecule has 1 aliphatic carbocycles. The summed E-state index contributed by atoms with van der Waals surface area (Å²) >= 11 is 0. The summed E-state index contributed by atoms with van der Waals surface area (Å²) in [6.45, 7) is 0. The zero-order chi connectivity index (χ0) is 12.4. The predicted molar refractivity (Wildman–Crippen MR) is 69.0 cm³/mol. The molecule has 0 aliphatic heterocycles. The third-order valence-electron chi connectivity index (χ3n) is 3.54. The summed E-state index contributed by atoms with van der Waals surface area (Å²) < 4.78 is 5.28. The monoisotopic (exact) mass is 243 g/mol. The third kappa shape index (κ3) is 2.53. The number of aromatic nitrogens is 2. The van der Waals surface area contributed by atoms with E-state index in [9.17, 15) is 0 Å². The van der Waals surface area contributed by atoms with Gasteiger partial charge in [-0.25, -0.2) is 0 Å². The lowest BCUT2D eigenvalue weighted by Gasteiger charge is -2.23. The molecule has 1 saturated carbocycles. The van der Waals surface area contributed by atoms with Crippen LogP contribution in [0.1, 0.15) is 36.5 Å². The second-order valence-electron chi connectivity index (χ2n) is 5.02. The van der Waals surface area contributed by atoms with Gasteiger partial charge in [0.05, 0.1) is 6.42 Å². The van der Waals surface area contributed by atoms with Crippen molar-refractivity contribution in [1.29, 1.82) is 0 Å². The fourth-order valence-corrected chi connectivity index (χ4v) is 2.21. The number of rotatable bonds is 4. The Morgan fingerprint density at radius 2 is 2.00 bits per heavy atom. The van der Waals surface area contributed by atoms with Gasteiger partial charge in [0.1, 0.15) is 0 Å². The van der Waals surface area contributed by atoms with Crippen LogP contribution in [-0.4, -0.2) is 10.1 Å². The minimum Gasteiger partial charge on any atom is -0.399 e. The molecule has 1 aromatic heterocycles. The van der Waals surface area contributed by atoms with Gasteiger partial charge in [-0.15, -0.1) is 0 Å². The van der Waals surface area contributed by atoms with Crippen molar-refractivity contribution in [1.82, 2.24) is 10.1 Å². The molecule has 0 bridgehead atoms. The number of nitrogens with two attached hydrogens (primary N) is 1. The molecule has 18 heavy (non-hydrogen) atoms. The average Bonchev–Trinajstić information content (AvgIpc) is 2.75. The number of benzene rings is 1. The molecule has 94 valence electrons. The molecule has 3 rings (SSSR count). The van der Waals surface area contributed by atoms with Gasteiger partial charge in [-0.3, -0.25) is 0 Å². The van der Waals surface area contributed by atoms with E-state index in [1.54, 1.807) is 0 Å². The van der Waals surface area contributed by atoms with Crippen LogP contribution in [0.2, 0.25) is 0 Å². The van der Waals surface area contributed by atoms with E-state index in [1.165, 1.54) is 19.3 Å². The Bertz CT molecular complexity index is 514. The Morgan fingerprint density at radius 1 is 1.22 bits per heavy atom. The molecule has 2 aromatic rings. The van der Waals surface area contributed by atoms with Gasteiger partial charge in [0, 0.05) is 12.1 Å². The molecule has 0 unspecified atom stereocenters. The standard InChI is InChI=1S/C14H17N3O/c15-12-6-4-11(5-7-12)9-14-16-13(17-18-14)8-10-2-1-3-10/h4-7,10H,1-3,8-9,15H2. The van der Waals surface area contributed by atoms with Gasteiger partial charge in [-0.05, 0) is 23.6 Å². The number of hydrogen-bond donors (Lipinski definition) is 1. The Kier molecular flexibility index (Phi) is 3.00. The predicted octanol–water partition coefficient (Wildman–Crippen LogP) is 2.59. The summed E-state index contributed by atoms with van der Waals surface area (Å²) in [5.41, 5.74) is 7.56. The molecule has 4 nitrogen and oxygen atoms in total. The second kappa shape index (κ2) is 4.80. The van der Waals surface area contributed by atoms with Crippen molar-refractivity contribution < 1.29 is 4.52 Å². The molecule has 4 heteroatoms. The Balaban J connectivity index is 1.63. The summed E-state index contributed by atoms with van der Waals surface area (Å²) in [7, 11) is 0. The number of nitrogen functional groups attached to an aromatic ring is 1. The van der Waals surface area contributed by atoms with Crippen molar-refractivity contribution in [3.8, 4) is 0 Å². The van der Waals surface area contributed by atoms with Crippen molar-refractivity contribution in [2.45, 2.75) is 32.1 Å². The van der Waals surface area contributed by atoms with Crippen molar-refractivity contribution in [2.24, 2.45) is 5.92 Å². The summed E-state index contributed by atoms with van der Waals surface area (Å²) in [6.07, 6.45) is 5.60. The van der Waals surface area contributed by atoms with Crippen LogP contribution in [0.25, 0.3) is 0 Å². The van der Waals surface area contributed by atoms with Gasteiger partial charge in [-0.1, -0.05) is 36.6 Å². The van der Waals surface area contributed by atoms with Crippen LogP contribution in [0, 0.1) is 5.92 Å². The molecule has 0 amide bonds. The maximum absolute atomic E-state index is 5.65. The molecule has 0 atom stereocenters. The summed E-state index contributed by atoms with van der Waals surface area (Å²) in [6, 6.07) is 7.76. The molecule has 1 aromatic carbocycles. The van der Waals surface area contributed by atoms with Crippen molar-refractivity contribution >= 4 is 5.69 Å². The summed E-state index contributed by atoms with van der Waals surface area (Å²) in [4.78, 5) is 4.44. The van der Waals surface area contributed by atoms with Gasteiger partial charge >= 0.3 is 0 Å². The third-order valence-corrected chi connectivity index (χ3v) is 3.54. The van der Waals surface area contributed by atoms with E-state index in [-0.39, 0.29) is 0 Å². The lowest BCUT2D eigenvalue weighted by atomic mass is 9.83. The van der Waals surface area contributed by atoms with Gasteiger partial charge in [0.25, 0.3) is 0 Å². The number of hydrogen-bond acceptors (Lipinski definition) is 4. The van der Waals surface area contributed by atoms with E-state index in [4.69, 9.17) is 10.3 Å². The van der Waals surface area contributed by atoms with Gasteiger partial charge in [0.15, 0.2) is 5.82 Å². The van der Waals surface area contributed by atoms with Crippen LogP contribution in [-0.2, 0) is 12.8 Å². The van der Waals surface area contributed by atoms with Crippen molar-refractivity contribution in [2.75, 3.05) is 5.73 Å². The molecule has 2 N–H and O–H groups in total. The highest BCUT2D eigenvalue weighted by molar-refractivity contribution is 5.39. The number of nitrogens with zero attached hydrogens (tertiary/aromatic N) is 2. The largest absolute Gasteiger partial charge is 0.399 e. The minimum absolute atomic E-state index is 0.679. The minimum atomic E-state index is 0.679. The lowest BCUT2D eigenvalue weighted by molar-refractivity contribution is 0.302. The first kappa shape index (κ1) is 11.3. The number of anilines is 1. The van der Waals surface area contributed by atoms with Crippen LogP contribution in [0.3, 0.4) is 0 Å². The van der Waals surface area contributed by atoms with Crippen LogP contribution < -0.4 is 5.73 Å². The van der Waals surface area contributed by atoms with Crippen LogP contribution >= 0.6 is 0 Å². The maximum atomic E-state index is 5.65. The zero-order valence-electron chi connectivity index (χ0n) is 10.3. The molecule has 0 radical (unpaired) electrons. The van der Waals surface area contributed by atoms with E-state index >= 15 is 0 Å². The summed E-state index contributed by atoms with van der Waals surface area (Å²) in [5.74, 6) is 2.31. The van der Waals surface area contributed by atoms with E-state index in [0.29, 0.717) is 12.3 Å². The van der Waals surface area contributed by atoms with Crippen LogP contribution in [0.4, 0.5) is 5.69 Å². The Morgan fingerprint density at radius 3 is 2.67 bits per heavy atom. The maximum Gasteiger partial charge on any atom is 0.231 e. The first-order valence-corrected chi connectivity index (χ1v) is 6.45. The molecular weight excluding hydrogens is 226 g/mol. The summed E-state index contributed by atoms with van der Waals surface area (Å²) in [5, 5.41) is 4.04. The SMILES string of the molecule is Nc1ccc(Cc2nc(CC3CCC3)no2)cc1.